The highest BCUT2D eigenvalue weighted by atomic mass is 16.5. The molecule has 1 fully saturated rings. The van der Waals surface area contributed by atoms with Crippen LogP contribution in [0.25, 0.3) is 17.2 Å². The highest BCUT2D eigenvalue weighted by Gasteiger charge is 2.27. The second kappa shape index (κ2) is 10.3. The number of hydrogen-bond donors (Lipinski definition) is 0. The van der Waals surface area contributed by atoms with E-state index in [2.05, 4.69) is 76.4 Å². The SMILES string of the molecule is CO[C@@H](CN1CCC(c2cc(-c3ccc(C)cc3)nn2-c2ncccn2)CC1)c1ccccc1. The van der Waals surface area contributed by atoms with Gasteiger partial charge in [-0.2, -0.15) is 5.10 Å². The number of benzene rings is 2. The van der Waals surface area contributed by atoms with Gasteiger partial charge in [0.25, 0.3) is 5.95 Å². The van der Waals surface area contributed by atoms with Crippen molar-refractivity contribution in [1.29, 1.82) is 0 Å². The summed E-state index contributed by atoms with van der Waals surface area (Å²) in [7, 11) is 1.80. The topological polar surface area (TPSA) is 56.1 Å². The van der Waals surface area contributed by atoms with E-state index in [4.69, 9.17) is 9.84 Å². The summed E-state index contributed by atoms with van der Waals surface area (Å²) in [5.74, 6) is 1.03. The van der Waals surface area contributed by atoms with E-state index in [1.54, 1.807) is 19.5 Å². The Morgan fingerprint density at radius 2 is 1.65 bits per heavy atom. The molecular weight excluding hydrogens is 422 g/mol. The number of likely N-dealkylation sites (tertiary alicyclic amines) is 1. The van der Waals surface area contributed by atoms with E-state index in [1.165, 1.54) is 16.8 Å². The molecule has 6 heteroatoms. The van der Waals surface area contributed by atoms with E-state index < -0.39 is 0 Å². The standard InChI is InChI=1S/C28H31N5O/c1-21-9-11-22(12-10-21)25-19-26(33(31-25)28-29-15-6-16-30-28)23-13-17-32(18-14-23)20-27(34-2)24-7-4-3-5-8-24/h3-12,15-16,19,23,27H,13-14,17-18,20H2,1-2H3/t27-/m0/s1. The summed E-state index contributed by atoms with van der Waals surface area (Å²) in [6.45, 7) is 5.06. The monoisotopic (exact) mass is 453 g/mol. The molecular formula is C28H31N5O. The molecule has 5 rings (SSSR count). The van der Waals surface area contributed by atoms with E-state index >= 15 is 0 Å². The van der Waals surface area contributed by atoms with E-state index in [1.807, 2.05) is 16.8 Å². The molecule has 0 N–H and O–H groups in total. The lowest BCUT2D eigenvalue weighted by Crippen LogP contribution is -2.36. The van der Waals surface area contributed by atoms with Gasteiger partial charge in [0.05, 0.1) is 17.5 Å². The van der Waals surface area contributed by atoms with Crippen LogP contribution in [0.4, 0.5) is 0 Å². The summed E-state index contributed by atoms with van der Waals surface area (Å²) < 4.78 is 7.76. The third-order valence-electron chi connectivity index (χ3n) is 6.71. The summed E-state index contributed by atoms with van der Waals surface area (Å²) in [6.07, 6.45) is 5.77. The second-order valence-electron chi connectivity index (χ2n) is 8.99. The van der Waals surface area contributed by atoms with Crippen molar-refractivity contribution in [3.8, 4) is 17.2 Å². The number of hydrogen-bond acceptors (Lipinski definition) is 5. The molecule has 34 heavy (non-hydrogen) atoms. The number of piperidine rings is 1. The summed E-state index contributed by atoms with van der Waals surface area (Å²) in [6, 6.07) is 23.1. The van der Waals surface area contributed by atoms with Crippen molar-refractivity contribution in [3.05, 3.63) is 95.9 Å². The molecule has 2 aromatic heterocycles. The predicted molar refractivity (Wildman–Crippen MR) is 134 cm³/mol. The molecule has 0 aliphatic carbocycles. The van der Waals surface area contributed by atoms with E-state index in [-0.39, 0.29) is 6.10 Å². The van der Waals surface area contributed by atoms with E-state index in [9.17, 15) is 0 Å². The fourth-order valence-electron chi connectivity index (χ4n) is 4.74. The Balaban J connectivity index is 1.35. The quantitative estimate of drug-likeness (QED) is 0.385. The molecule has 0 spiro atoms. The fourth-order valence-corrected chi connectivity index (χ4v) is 4.74. The van der Waals surface area contributed by atoms with Crippen LogP contribution in [-0.4, -0.2) is 51.4 Å². The zero-order valence-electron chi connectivity index (χ0n) is 19.8. The summed E-state index contributed by atoms with van der Waals surface area (Å²) >= 11 is 0. The Bertz CT molecular complexity index is 1180. The van der Waals surface area contributed by atoms with Crippen LogP contribution in [0, 0.1) is 6.92 Å². The van der Waals surface area contributed by atoms with Gasteiger partial charge < -0.3 is 9.64 Å². The molecule has 6 nitrogen and oxygen atoms in total. The van der Waals surface area contributed by atoms with Crippen LogP contribution in [0.3, 0.4) is 0 Å². The summed E-state index contributed by atoms with van der Waals surface area (Å²) in [4.78, 5) is 11.5. The van der Waals surface area contributed by atoms with Crippen LogP contribution in [0.1, 0.15) is 41.7 Å². The largest absolute Gasteiger partial charge is 0.375 e. The first-order chi connectivity index (χ1) is 16.7. The highest BCUT2D eigenvalue weighted by molar-refractivity contribution is 5.60. The van der Waals surface area contributed by atoms with Crippen molar-refractivity contribution in [2.75, 3.05) is 26.7 Å². The summed E-state index contributed by atoms with van der Waals surface area (Å²) in [5.41, 5.74) is 5.74. The van der Waals surface area contributed by atoms with E-state index in [0.29, 0.717) is 11.9 Å². The van der Waals surface area contributed by atoms with Crippen LogP contribution in [-0.2, 0) is 4.74 Å². The maximum absolute atomic E-state index is 5.82. The third-order valence-corrected chi connectivity index (χ3v) is 6.71. The lowest BCUT2D eigenvalue weighted by Gasteiger charge is -2.34. The van der Waals surface area contributed by atoms with Crippen molar-refractivity contribution in [2.24, 2.45) is 0 Å². The molecule has 4 aromatic rings. The smallest absolute Gasteiger partial charge is 0.250 e. The average molecular weight is 454 g/mol. The van der Waals surface area contributed by atoms with Gasteiger partial charge in [0.15, 0.2) is 0 Å². The van der Waals surface area contributed by atoms with Gasteiger partial charge in [-0.1, -0.05) is 60.2 Å². The summed E-state index contributed by atoms with van der Waals surface area (Å²) in [5, 5.41) is 4.93. The van der Waals surface area contributed by atoms with Crippen molar-refractivity contribution < 1.29 is 4.74 Å². The van der Waals surface area contributed by atoms with Crippen molar-refractivity contribution in [1.82, 2.24) is 24.6 Å². The zero-order chi connectivity index (χ0) is 23.3. The van der Waals surface area contributed by atoms with Gasteiger partial charge in [-0.3, -0.25) is 0 Å². The van der Waals surface area contributed by atoms with Crippen molar-refractivity contribution in [2.45, 2.75) is 31.8 Å². The number of aryl methyl sites for hydroxylation is 1. The van der Waals surface area contributed by atoms with E-state index in [0.717, 1.165) is 43.7 Å². The molecule has 0 saturated carbocycles. The van der Waals surface area contributed by atoms with Crippen LogP contribution >= 0.6 is 0 Å². The average Bonchev–Trinajstić information content (AvgIpc) is 3.34. The minimum atomic E-state index is 0.0918. The van der Waals surface area contributed by atoms with Gasteiger partial charge in [-0.05, 0) is 50.6 Å². The van der Waals surface area contributed by atoms with Gasteiger partial charge in [-0.15, -0.1) is 0 Å². The molecule has 1 aliphatic heterocycles. The Kier molecular flexibility index (Phi) is 6.79. The molecule has 1 atom stereocenters. The fraction of sp³-hybridized carbons (Fsp3) is 0.321. The highest BCUT2D eigenvalue weighted by Crippen LogP contribution is 2.33. The molecule has 174 valence electrons. The van der Waals surface area contributed by atoms with Gasteiger partial charge in [0.1, 0.15) is 0 Å². The molecule has 1 saturated heterocycles. The molecule has 3 heterocycles. The van der Waals surface area contributed by atoms with Gasteiger partial charge >= 0.3 is 0 Å². The molecule has 0 bridgehead atoms. The first kappa shape index (κ1) is 22.4. The molecule has 2 aromatic carbocycles. The molecule has 1 aliphatic rings. The van der Waals surface area contributed by atoms with Crippen LogP contribution < -0.4 is 0 Å². The Morgan fingerprint density at radius 1 is 0.941 bits per heavy atom. The van der Waals surface area contributed by atoms with Crippen molar-refractivity contribution in [3.63, 3.8) is 0 Å². The van der Waals surface area contributed by atoms with Gasteiger partial charge in [0, 0.05) is 37.5 Å². The maximum Gasteiger partial charge on any atom is 0.250 e. The predicted octanol–water partition coefficient (Wildman–Crippen LogP) is 5.20. The molecule has 0 unspecified atom stereocenters. The first-order valence-electron chi connectivity index (χ1n) is 12.0. The Morgan fingerprint density at radius 3 is 2.32 bits per heavy atom. The number of ether oxygens (including phenoxy) is 1. The first-order valence-corrected chi connectivity index (χ1v) is 12.0. The number of aromatic nitrogens is 4. The second-order valence-corrected chi connectivity index (χ2v) is 8.99. The number of methoxy groups -OCH3 is 1. The van der Waals surface area contributed by atoms with Gasteiger partial charge in [0.2, 0.25) is 0 Å². The lowest BCUT2D eigenvalue weighted by molar-refractivity contribution is 0.0545. The lowest BCUT2D eigenvalue weighted by atomic mass is 9.92. The maximum atomic E-state index is 5.82. The minimum Gasteiger partial charge on any atom is -0.375 e. The van der Waals surface area contributed by atoms with Crippen LogP contribution in [0.2, 0.25) is 0 Å². The molecule has 0 amide bonds. The Hall–Kier alpha value is -3.35. The van der Waals surface area contributed by atoms with Crippen LogP contribution in [0.5, 0.6) is 0 Å². The van der Waals surface area contributed by atoms with Crippen molar-refractivity contribution >= 4 is 0 Å². The van der Waals surface area contributed by atoms with Crippen LogP contribution in [0.15, 0.2) is 79.1 Å². The normalized spacial score (nSPS) is 15.9. The molecule has 0 radical (unpaired) electrons. The number of nitrogens with zero attached hydrogens (tertiary/aromatic N) is 5. The third kappa shape index (κ3) is 4.93. The number of rotatable bonds is 7. The Labute approximate surface area is 201 Å². The zero-order valence-corrected chi connectivity index (χ0v) is 19.8. The minimum absolute atomic E-state index is 0.0918. The van der Waals surface area contributed by atoms with Gasteiger partial charge in [-0.25, -0.2) is 14.6 Å².